The number of nitrogens with one attached hydrogen (secondary N) is 1. The van der Waals surface area contributed by atoms with E-state index in [0.717, 1.165) is 12.1 Å². The Balaban J connectivity index is 2.05. The van der Waals surface area contributed by atoms with Gasteiger partial charge in [-0.25, -0.2) is 4.98 Å². The third-order valence-corrected chi connectivity index (χ3v) is 3.48. The minimum atomic E-state index is 0.0914. The fourth-order valence-corrected chi connectivity index (χ4v) is 1.96. The quantitative estimate of drug-likeness (QED) is 0.839. The Morgan fingerprint density at radius 1 is 1.67 bits per heavy atom. The summed E-state index contributed by atoms with van der Waals surface area (Å²) in [5, 5.41) is 2.88. The lowest BCUT2D eigenvalue weighted by Crippen LogP contribution is -2.16. The highest BCUT2D eigenvalue weighted by Crippen LogP contribution is 2.52. The van der Waals surface area contributed by atoms with Gasteiger partial charge in [-0.3, -0.25) is 4.79 Å². The van der Waals surface area contributed by atoms with Gasteiger partial charge in [-0.2, -0.15) is 0 Å². The first-order valence-corrected chi connectivity index (χ1v) is 5.71. The van der Waals surface area contributed by atoms with Gasteiger partial charge in [0.05, 0.1) is 5.69 Å². The SMILES string of the molecule is CC1(C)CC1C(=O)Nc1cccnc1Br. The molecule has 80 valence electrons. The Kier molecular flexibility index (Phi) is 2.54. The summed E-state index contributed by atoms with van der Waals surface area (Å²) in [5.74, 6) is 0.235. The average molecular weight is 269 g/mol. The Labute approximate surface area is 97.4 Å². The molecule has 1 amide bonds. The van der Waals surface area contributed by atoms with Crippen LogP contribution in [-0.2, 0) is 4.79 Å². The zero-order valence-electron chi connectivity index (χ0n) is 8.75. The van der Waals surface area contributed by atoms with E-state index in [9.17, 15) is 4.79 Å². The monoisotopic (exact) mass is 268 g/mol. The lowest BCUT2D eigenvalue weighted by Gasteiger charge is -2.07. The smallest absolute Gasteiger partial charge is 0.228 e. The summed E-state index contributed by atoms with van der Waals surface area (Å²) in [5.41, 5.74) is 0.906. The van der Waals surface area contributed by atoms with Gasteiger partial charge < -0.3 is 5.32 Å². The molecule has 1 saturated carbocycles. The topological polar surface area (TPSA) is 42.0 Å². The first-order chi connectivity index (χ1) is 7.00. The van der Waals surface area contributed by atoms with Crippen LogP contribution in [0.5, 0.6) is 0 Å². The summed E-state index contributed by atoms with van der Waals surface area (Å²) in [6, 6.07) is 3.64. The molecule has 1 unspecified atom stereocenters. The summed E-state index contributed by atoms with van der Waals surface area (Å²) in [6.07, 6.45) is 2.65. The van der Waals surface area contributed by atoms with E-state index in [2.05, 4.69) is 40.1 Å². The fraction of sp³-hybridized carbons (Fsp3) is 0.455. The van der Waals surface area contributed by atoms with Crippen molar-refractivity contribution in [2.24, 2.45) is 11.3 Å². The standard InChI is InChI=1S/C11H13BrN2O/c1-11(2)6-7(11)10(15)14-8-4-3-5-13-9(8)12/h3-5,7H,6H2,1-2H3,(H,14,15). The van der Waals surface area contributed by atoms with Crippen molar-refractivity contribution in [1.82, 2.24) is 4.98 Å². The second kappa shape index (κ2) is 3.59. The van der Waals surface area contributed by atoms with Crippen molar-refractivity contribution >= 4 is 27.5 Å². The van der Waals surface area contributed by atoms with Crippen molar-refractivity contribution in [3.8, 4) is 0 Å². The maximum atomic E-state index is 11.8. The van der Waals surface area contributed by atoms with Gasteiger partial charge in [0.2, 0.25) is 5.91 Å². The van der Waals surface area contributed by atoms with Crippen molar-refractivity contribution in [2.45, 2.75) is 20.3 Å². The van der Waals surface area contributed by atoms with Crippen molar-refractivity contribution in [3.63, 3.8) is 0 Å². The number of pyridine rings is 1. The van der Waals surface area contributed by atoms with Gasteiger partial charge in [0.15, 0.2) is 0 Å². The minimum absolute atomic E-state index is 0.0914. The Bertz CT molecular complexity index is 403. The normalized spacial score (nSPS) is 22.2. The van der Waals surface area contributed by atoms with Crippen LogP contribution in [0.25, 0.3) is 0 Å². The molecule has 0 radical (unpaired) electrons. The molecule has 1 atom stereocenters. The van der Waals surface area contributed by atoms with E-state index in [1.54, 1.807) is 12.3 Å². The molecule has 3 nitrogen and oxygen atoms in total. The van der Waals surface area contributed by atoms with E-state index in [4.69, 9.17) is 0 Å². The largest absolute Gasteiger partial charge is 0.324 e. The lowest BCUT2D eigenvalue weighted by molar-refractivity contribution is -0.118. The zero-order chi connectivity index (χ0) is 11.1. The highest BCUT2D eigenvalue weighted by molar-refractivity contribution is 9.10. The molecule has 1 aliphatic carbocycles. The fourth-order valence-electron chi connectivity index (χ4n) is 1.61. The number of hydrogen-bond acceptors (Lipinski definition) is 2. The van der Waals surface area contributed by atoms with Crippen molar-refractivity contribution in [2.75, 3.05) is 5.32 Å². The number of aromatic nitrogens is 1. The third-order valence-electron chi connectivity index (χ3n) is 2.85. The summed E-state index contributed by atoms with van der Waals surface area (Å²) in [7, 11) is 0. The van der Waals surface area contributed by atoms with Gasteiger partial charge in [0, 0.05) is 12.1 Å². The Hall–Kier alpha value is -0.900. The van der Waals surface area contributed by atoms with Gasteiger partial charge >= 0.3 is 0 Å². The van der Waals surface area contributed by atoms with E-state index >= 15 is 0 Å². The molecular formula is C11H13BrN2O. The molecule has 4 heteroatoms. The molecular weight excluding hydrogens is 256 g/mol. The lowest BCUT2D eigenvalue weighted by atomic mass is 10.1. The number of amides is 1. The molecule has 0 aliphatic heterocycles. The van der Waals surface area contributed by atoms with Gasteiger partial charge in [0.25, 0.3) is 0 Å². The molecule has 1 aromatic rings. The first-order valence-electron chi connectivity index (χ1n) is 4.92. The van der Waals surface area contributed by atoms with E-state index in [1.807, 2.05) is 6.07 Å². The van der Waals surface area contributed by atoms with Crippen LogP contribution in [0.3, 0.4) is 0 Å². The Morgan fingerprint density at radius 2 is 2.33 bits per heavy atom. The van der Waals surface area contributed by atoms with Crippen LogP contribution in [0, 0.1) is 11.3 Å². The van der Waals surface area contributed by atoms with Crippen molar-refractivity contribution in [1.29, 1.82) is 0 Å². The summed E-state index contributed by atoms with van der Waals surface area (Å²) in [4.78, 5) is 15.8. The van der Waals surface area contributed by atoms with E-state index in [0.29, 0.717) is 4.60 Å². The Morgan fingerprint density at radius 3 is 2.87 bits per heavy atom. The second-order valence-electron chi connectivity index (χ2n) is 4.58. The number of carbonyl (C=O) groups excluding carboxylic acids is 1. The first kappa shape index (κ1) is 10.6. The van der Waals surface area contributed by atoms with Gasteiger partial charge in [0.1, 0.15) is 4.60 Å². The highest BCUT2D eigenvalue weighted by atomic mass is 79.9. The number of anilines is 1. The number of carbonyl (C=O) groups is 1. The molecule has 0 spiro atoms. The van der Waals surface area contributed by atoms with Crippen LogP contribution < -0.4 is 5.32 Å². The maximum absolute atomic E-state index is 11.8. The van der Waals surface area contributed by atoms with Crippen LogP contribution in [-0.4, -0.2) is 10.9 Å². The maximum Gasteiger partial charge on any atom is 0.228 e. The van der Waals surface area contributed by atoms with E-state index in [-0.39, 0.29) is 17.2 Å². The van der Waals surface area contributed by atoms with Crippen LogP contribution in [0.1, 0.15) is 20.3 Å². The van der Waals surface area contributed by atoms with Crippen LogP contribution >= 0.6 is 15.9 Å². The van der Waals surface area contributed by atoms with Crippen molar-refractivity contribution < 1.29 is 4.79 Å². The summed E-state index contributed by atoms with van der Waals surface area (Å²) in [6.45, 7) is 4.21. The van der Waals surface area contributed by atoms with Crippen LogP contribution in [0.4, 0.5) is 5.69 Å². The molecule has 0 saturated heterocycles. The van der Waals surface area contributed by atoms with Crippen LogP contribution in [0.2, 0.25) is 0 Å². The predicted octanol–water partition coefficient (Wildman–Crippen LogP) is 2.83. The average Bonchev–Trinajstić information content (AvgIpc) is 2.79. The van der Waals surface area contributed by atoms with Gasteiger partial charge in [-0.05, 0) is 39.9 Å². The highest BCUT2D eigenvalue weighted by Gasteiger charge is 2.50. The van der Waals surface area contributed by atoms with Crippen molar-refractivity contribution in [3.05, 3.63) is 22.9 Å². The summed E-state index contributed by atoms with van der Waals surface area (Å²) < 4.78 is 0.678. The molecule has 15 heavy (non-hydrogen) atoms. The number of hydrogen-bond donors (Lipinski definition) is 1. The molecule has 1 aliphatic rings. The minimum Gasteiger partial charge on any atom is -0.324 e. The molecule has 1 N–H and O–H groups in total. The predicted molar refractivity (Wildman–Crippen MR) is 62.5 cm³/mol. The molecule has 0 bridgehead atoms. The summed E-state index contributed by atoms with van der Waals surface area (Å²) >= 11 is 3.30. The molecule has 0 aromatic carbocycles. The van der Waals surface area contributed by atoms with Crippen LogP contribution in [0.15, 0.2) is 22.9 Å². The zero-order valence-corrected chi connectivity index (χ0v) is 10.3. The molecule has 1 fully saturated rings. The molecule has 1 aromatic heterocycles. The third kappa shape index (κ3) is 2.20. The number of nitrogens with zero attached hydrogens (tertiary/aromatic N) is 1. The number of rotatable bonds is 2. The van der Waals surface area contributed by atoms with Gasteiger partial charge in [-0.1, -0.05) is 13.8 Å². The van der Waals surface area contributed by atoms with E-state index < -0.39 is 0 Å². The molecule has 2 rings (SSSR count). The van der Waals surface area contributed by atoms with Gasteiger partial charge in [-0.15, -0.1) is 0 Å². The van der Waals surface area contributed by atoms with E-state index in [1.165, 1.54) is 0 Å². The molecule has 1 heterocycles. The second-order valence-corrected chi connectivity index (χ2v) is 5.33. The number of halogens is 1.